The van der Waals surface area contributed by atoms with Gasteiger partial charge in [0.2, 0.25) is 17.7 Å². The lowest BCUT2D eigenvalue weighted by molar-refractivity contribution is -0.123. The minimum atomic E-state index is -0.492. The van der Waals surface area contributed by atoms with Crippen molar-refractivity contribution < 1.29 is 14.4 Å². The van der Waals surface area contributed by atoms with Gasteiger partial charge in [-0.15, -0.1) is 0 Å². The first-order chi connectivity index (χ1) is 13.7. The Hall–Kier alpha value is -3.35. The molecule has 7 nitrogen and oxygen atoms in total. The molecule has 154 valence electrons. The van der Waals surface area contributed by atoms with E-state index in [0.717, 1.165) is 5.69 Å². The molecule has 0 aromatic heterocycles. The van der Waals surface area contributed by atoms with Gasteiger partial charge in [-0.3, -0.25) is 14.4 Å². The van der Waals surface area contributed by atoms with Crippen LogP contribution < -0.4 is 21.3 Å². The Balaban J connectivity index is 1.91. The van der Waals surface area contributed by atoms with E-state index < -0.39 is 5.41 Å². The summed E-state index contributed by atoms with van der Waals surface area (Å²) in [6.07, 6.45) is 0.385. The summed E-state index contributed by atoms with van der Waals surface area (Å²) >= 11 is 0. The van der Waals surface area contributed by atoms with Crippen LogP contribution in [0.2, 0.25) is 0 Å². The van der Waals surface area contributed by atoms with E-state index in [1.54, 1.807) is 49.4 Å². The molecule has 0 spiro atoms. The van der Waals surface area contributed by atoms with Crippen LogP contribution in [0.4, 0.5) is 22.7 Å². The molecular weight excluding hydrogens is 368 g/mol. The Morgan fingerprint density at radius 3 is 1.79 bits per heavy atom. The number of hydrogen-bond donors (Lipinski definition) is 4. The Morgan fingerprint density at radius 1 is 0.759 bits per heavy atom. The van der Waals surface area contributed by atoms with Crippen molar-refractivity contribution >= 4 is 40.5 Å². The molecule has 0 aliphatic rings. The molecule has 2 aromatic carbocycles. The summed E-state index contributed by atoms with van der Waals surface area (Å²) in [5.74, 6) is -0.399. The molecule has 0 fully saturated rings. The van der Waals surface area contributed by atoms with Gasteiger partial charge >= 0.3 is 0 Å². The number of benzene rings is 2. The van der Waals surface area contributed by atoms with E-state index in [9.17, 15) is 14.4 Å². The number of anilines is 4. The summed E-state index contributed by atoms with van der Waals surface area (Å²) in [7, 11) is 0. The minimum Gasteiger partial charge on any atom is -0.376 e. The zero-order valence-corrected chi connectivity index (χ0v) is 17.3. The van der Waals surface area contributed by atoms with Crippen molar-refractivity contribution in [2.45, 2.75) is 34.1 Å². The fraction of sp³-hybridized carbons (Fsp3) is 0.318. The van der Waals surface area contributed by atoms with E-state index in [4.69, 9.17) is 0 Å². The molecular formula is C22H28N4O3. The van der Waals surface area contributed by atoms with Gasteiger partial charge in [0.1, 0.15) is 0 Å². The van der Waals surface area contributed by atoms with E-state index in [0.29, 0.717) is 23.5 Å². The molecule has 0 atom stereocenters. The molecule has 29 heavy (non-hydrogen) atoms. The van der Waals surface area contributed by atoms with Crippen molar-refractivity contribution in [3.8, 4) is 0 Å². The normalized spacial score (nSPS) is 10.8. The van der Waals surface area contributed by atoms with Crippen LogP contribution in [0, 0.1) is 5.41 Å². The molecule has 0 saturated heterocycles. The summed E-state index contributed by atoms with van der Waals surface area (Å²) in [4.78, 5) is 35.8. The molecule has 0 saturated carbocycles. The molecule has 7 heteroatoms. The first-order valence-corrected chi connectivity index (χ1v) is 9.52. The molecule has 0 unspecified atom stereocenters. The summed E-state index contributed by atoms with van der Waals surface area (Å²) in [5, 5.41) is 11.4. The highest BCUT2D eigenvalue weighted by molar-refractivity contribution is 5.96. The SMILES string of the molecule is CCC(=O)Nc1cccc(NC(=O)CNc2cccc(NC(=O)C(C)(C)C)c2)c1. The van der Waals surface area contributed by atoms with Gasteiger partial charge in [0.05, 0.1) is 6.54 Å². The Labute approximate surface area is 171 Å². The Morgan fingerprint density at radius 2 is 1.24 bits per heavy atom. The van der Waals surface area contributed by atoms with Crippen molar-refractivity contribution in [1.82, 2.24) is 0 Å². The lowest BCUT2D eigenvalue weighted by Crippen LogP contribution is -2.27. The van der Waals surface area contributed by atoms with Gasteiger partial charge in [-0.25, -0.2) is 0 Å². The van der Waals surface area contributed by atoms with Crippen molar-refractivity contribution in [2.75, 3.05) is 27.8 Å². The van der Waals surface area contributed by atoms with Crippen molar-refractivity contribution in [1.29, 1.82) is 0 Å². The molecule has 2 aromatic rings. The monoisotopic (exact) mass is 396 g/mol. The topological polar surface area (TPSA) is 99.3 Å². The largest absolute Gasteiger partial charge is 0.376 e. The molecule has 0 radical (unpaired) electrons. The Bertz CT molecular complexity index is 888. The number of hydrogen-bond acceptors (Lipinski definition) is 4. The van der Waals surface area contributed by atoms with Crippen LogP contribution in [0.3, 0.4) is 0 Å². The first-order valence-electron chi connectivity index (χ1n) is 9.52. The van der Waals surface area contributed by atoms with Crippen LogP contribution >= 0.6 is 0 Å². The third-order valence-electron chi connectivity index (χ3n) is 4.01. The van der Waals surface area contributed by atoms with Crippen LogP contribution in [0.25, 0.3) is 0 Å². The third kappa shape index (κ3) is 7.29. The summed E-state index contributed by atoms with van der Waals surface area (Å²) in [6.45, 7) is 7.37. The average Bonchev–Trinajstić information content (AvgIpc) is 2.66. The second-order valence-corrected chi connectivity index (χ2v) is 7.67. The summed E-state index contributed by atoms with van der Waals surface area (Å²) in [6, 6.07) is 14.2. The molecule has 0 heterocycles. The fourth-order valence-corrected chi connectivity index (χ4v) is 2.34. The van der Waals surface area contributed by atoms with Crippen LogP contribution in [-0.4, -0.2) is 24.3 Å². The predicted molar refractivity (Wildman–Crippen MR) is 117 cm³/mol. The molecule has 0 aliphatic carbocycles. The number of amides is 3. The van der Waals surface area contributed by atoms with Gasteiger partial charge in [0, 0.05) is 34.6 Å². The molecule has 2 rings (SSSR count). The van der Waals surface area contributed by atoms with Gasteiger partial charge in [-0.05, 0) is 36.4 Å². The summed E-state index contributed by atoms with van der Waals surface area (Å²) < 4.78 is 0. The molecule has 4 N–H and O–H groups in total. The maximum atomic E-state index is 12.2. The highest BCUT2D eigenvalue weighted by Crippen LogP contribution is 2.20. The second-order valence-electron chi connectivity index (χ2n) is 7.67. The molecule has 0 aliphatic heterocycles. The molecule has 3 amide bonds. The lowest BCUT2D eigenvalue weighted by Gasteiger charge is -2.18. The third-order valence-corrected chi connectivity index (χ3v) is 4.01. The van der Waals surface area contributed by atoms with Crippen molar-refractivity contribution in [3.63, 3.8) is 0 Å². The maximum absolute atomic E-state index is 12.2. The minimum absolute atomic E-state index is 0.0578. The van der Waals surface area contributed by atoms with E-state index in [1.165, 1.54) is 0 Å². The van der Waals surface area contributed by atoms with E-state index in [2.05, 4.69) is 21.3 Å². The van der Waals surface area contributed by atoms with Crippen molar-refractivity contribution in [3.05, 3.63) is 48.5 Å². The van der Waals surface area contributed by atoms with Crippen molar-refractivity contribution in [2.24, 2.45) is 5.41 Å². The van der Waals surface area contributed by atoms with Gasteiger partial charge in [0.25, 0.3) is 0 Å². The lowest BCUT2D eigenvalue weighted by atomic mass is 9.95. The second kappa shape index (κ2) is 9.73. The first kappa shape index (κ1) is 21.9. The smallest absolute Gasteiger partial charge is 0.243 e. The Kier molecular flexibility index (Phi) is 7.36. The van der Waals surface area contributed by atoms with Crippen LogP contribution in [0.15, 0.2) is 48.5 Å². The number of rotatable bonds is 7. The molecule has 0 bridgehead atoms. The number of carbonyl (C=O) groups is 3. The quantitative estimate of drug-likeness (QED) is 0.567. The maximum Gasteiger partial charge on any atom is 0.243 e. The predicted octanol–water partition coefficient (Wildman–Crippen LogP) is 4.07. The highest BCUT2D eigenvalue weighted by atomic mass is 16.2. The standard InChI is InChI=1S/C22H28N4O3/c1-5-19(27)24-16-9-7-10-17(13-16)25-20(28)14-23-15-8-6-11-18(12-15)26-21(29)22(2,3)4/h6-13,23H,5,14H2,1-4H3,(H,24,27)(H,25,28)(H,26,29). The van der Waals surface area contributed by atoms with E-state index in [1.807, 2.05) is 26.8 Å². The van der Waals surface area contributed by atoms with E-state index in [-0.39, 0.29) is 24.3 Å². The van der Waals surface area contributed by atoms with Gasteiger partial charge in [-0.1, -0.05) is 39.8 Å². The van der Waals surface area contributed by atoms with Crippen LogP contribution in [0.1, 0.15) is 34.1 Å². The van der Waals surface area contributed by atoms with Gasteiger partial charge < -0.3 is 21.3 Å². The summed E-state index contributed by atoms with van der Waals surface area (Å²) in [5.41, 5.74) is 2.11. The number of carbonyl (C=O) groups excluding carboxylic acids is 3. The highest BCUT2D eigenvalue weighted by Gasteiger charge is 2.21. The van der Waals surface area contributed by atoms with E-state index >= 15 is 0 Å². The average molecular weight is 396 g/mol. The zero-order valence-electron chi connectivity index (χ0n) is 17.3. The van der Waals surface area contributed by atoms with Crippen LogP contribution in [0.5, 0.6) is 0 Å². The number of nitrogens with one attached hydrogen (secondary N) is 4. The van der Waals surface area contributed by atoms with Gasteiger partial charge in [0.15, 0.2) is 0 Å². The van der Waals surface area contributed by atoms with Gasteiger partial charge in [-0.2, -0.15) is 0 Å². The fourth-order valence-electron chi connectivity index (χ4n) is 2.34. The zero-order chi connectivity index (χ0) is 21.4. The van der Waals surface area contributed by atoms with Crippen LogP contribution in [-0.2, 0) is 14.4 Å².